The monoisotopic (exact) mass is 597 g/mol. The maximum atomic E-state index is 13.3. The predicted molar refractivity (Wildman–Crippen MR) is 173 cm³/mol. The molecule has 0 atom stereocenters. The lowest BCUT2D eigenvalue weighted by molar-refractivity contribution is -0.115. The third-order valence-electron chi connectivity index (χ3n) is 8.55. The molecule has 3 aromatic carbocycles. The van der Waals surface area contributed by atoms with E-state index in [0.717, 1.165) is 54.7 Å². The fraction of sp³-hybridized carbons (Fsp3) is 0.400. The van der Waals surface area contributed by atoms with Crippen LogP contribution in [0.5, 0.6) is 5.75 Å². The number of methoxy groups -OCH3 is 1. The topological polar surface area (TPSA) is 117 Å². The molecular weight excluding hydrogens is 554 g/mol. The summed E-state index contributed by atoms with van der Waals surface area (Å²) in [6, 6.07) is 20.9. The molecule has 0 aromatic heterocycles. The van der Waals surface area contributed by atoms with Gasteiger partial charge in [-0.3, -0.25) is 14.4 Å². The van der Waals surface area contributed by atoms with E-state index in [1.807, 2.05) is 72.5 Å². The number of carbonyl (C=O) groups is 3. The first kappa shape index (κ1) is 31.1. The minimum absolute atomic E-state index is 0.0271. The van der Waals surface area contributed by atoms with Gasteiger partial charge in [-0.15, -0.1) is 0 Å². The first-order valence-corrected chi connectivity index (χ1v) is 15.5. The van der Waals surface area contributed by atoms with E-state index in [0.29, 0.717) is 43.0 Å². The van der Waals surface area contributed by atoms with Gasteiger partial charge in [0.1, 0.15) is 5.75 Å². The quantitative estimate of drug-likeness (QED) is 0.351. The lowest BCUT2D eigenvalue weighted by Crippen LogP contribution is -2.40. The molecule has 0 radical (unpaired) electrons. The highest BCUT2D eigenvalue weighted by atomic mass is 16.5. The van der Waals surface area contributed by atoms with Crippen molar-refractivity contribution in [2.24, 2.45) is 5.73 Å². The number of aryl methyl sites for hydroxylation is 1. The zero-order valence-electron chi connectivity index (χ0n) is 25.7. The van der Waals surface area contributed by atoms with Crippen molar-refractivity contribution in [2.75, 3.05) is 43.5 Å². The van der Waals surface area contributed by atoms with Crippen molar-refractivity contribution in [1.82, 2.24) is 10.2 Å². The van der Waals surface area contributed by atoms with E-state index < -0.39 is 0 Å². The molecule has 4 N–H and O–H groups in total. The molecule has 44 heavy (non-hydrogen) atoms. The summed E-state index contributed by atoms with van der Waals surface area (Å²) in [5.74, 6) is 0.417. The van der Waals surface area contributed by atoms with Crippen LogP contribution in [0.1, 0.15) is 63.9 Å². The molecule has 2 fully saturated rings. The highest BCUT2D eigenvalue weighted by Crippen LogP contribution is 2.30. The van der Waals surface area contributed by atoms with Crippen LogP contribution >= 0.6 is 0 Å². The molecule has 1 saturated carbocycles. The molecule has 2 aliphatic rings. The van der Waals surface area contributed by atoms with Crippen LogP contribution in [0.3, 0.4) is 0 Å². The van der Waals surface area contributed by atoms with Crippen LogP contribution in [0.25, 0.3) is 0 Å². The van der Waals surface area contributed by atoms with Crippen LogP contribution < -0.4 is 26.0 Å². The average Bonchev–Trinajstić information content (AvgIpc) is 3.28. The van der Waals surface area contributed by atoms with Gasteiger partial charge in [-0.2, -0.15) is 0 Å². The van der Waals surface area contributed by atoms with Gasteiger partial charge in [-0.25, -0.2) is 0 Å². The van der Waals surface area contributed by atoms with Gasteiger partial charge in [0.25, 0.3) is 11.8 Å². The van der Waals surface area contributed by atoms with Gasteiger partial charge >= 0.3 is 0 Å². The number of nitrogens with two attached hydrogens (primary N) is 1. The van der Waals surface area contributed by atoms with Crippen LogP contribution in [0.2, 0.25) is 0 Å². The molecule has 1 saturated heterocycles. The Balaban J connectivity index is 1.33. The van der Waals surface area contributed by atoms with E-state index in [1.54, 1.807) is 13.2 Å². The largest absolute Gasteiger partial charge is 0.497 e. The van der Waals surface area contributed by atoms with Crippen LogP contribution in [0, 0.1) is 6.92 Å². The SMILES string of the molecule is COc1ccc(CC(=O)Nc2cc(C(=O)NC3CCC(N)CC3)ccc2N2CCCN(C(=O)c3cccc(C)c3)CC2)cc1. The Morgan fingerprint density at radius 3 is 2.39 bits per heavy atom. The second-order valence-electron chi connectivity index (χ2n) is 11.9. The molecule has 3 amide bonds. The predicted octanol–water partition coefficient (Wildman–Crippen LogP) is 4.54. The fourth-order valence-electron chi connectivity index (χ4n) is 6.03. The number of anilines is 2. The lowest BCUT2D eigenvalue weighted by atomic mass is 9.91. The van der Waals surface area contributed by atoms with Crippen molar-refractivity contribution < 1.29 is 19.1 Å². The van der Waals surface area contributed by atoms with Crippen LogP contribution in [0.15, 0.2) is 66.7 Å². The maximum absolute atomic E-state index is 13.3. The molecule has 232 valence electrons. The summed E-state index contributed by atoms with van der Waals surface area (Å²) in [6.07, 6.45) is 4.48. The molecule has 5 rings (SSSR count). The normalized spacial score (nSPS) is 18.7. The molecule has 1 aliphatic heterocycles. The van der Waals surface area contributed by atoms with Gasteiger partial charge in [0.05, 0.1) is 24.9 Å². The second-order valence-corrected chi connectivity index (χ2v) is 11.9. The maximum Gasteiger partial charge on any atom is 0.253 e. The summed E-state index contributed by atoms with van der Waals surface area (Å²) in [7, 11) is 1.61. The van der Waals surface area contributed by atoms with Crippen molar-refractivity contribution >= 4 is 29.1 Å². The molecule has 0 unspecified atom stereocenters. The first-order valence-electron chi connectivity index (χ1n) is 15.5. The molecule has 9 nitrogen and oxygen atoms in total. The standard InChI is InChI=1S/C35H43N5O4/c1-24-5-3-6-27(21-24)35(43)40-18-4-17-39(19-20-40)32-16-9-26(34(42)37-29-12-10-28(36)11-13-29)23-31(32)38-33(41)22-25-7-14-30(44-2)15-8-25/h3,5-9,14-16,21,23,28-29H,4,10-13,17-20,22,36H2,1-2H3,(H,37,42)(H,38,41). The van der Waals surface area contributed by atoms with E-state index in [-0.39, 0.29) is 36.2 Å². The van der Waals surface area contributed by atoms with Crippen molar-refractivity contribution in [1.29, 1.82) is 0 Å². The van der Waals surface area contributed by atoms with Gasteiger partial charge < -0.3 is 30.9 Å². The number of nitrogens with one attached hydrogen (secondary N) is 2. The van der Waals surface area contributed by atoms with Gasteiger partial charge in [0, 0.05) is 49.4 Å². The number of hydrogen-bond donors (Lipinski definition) is 3. The van der Waals surface area contributed by atoms with E-state index in [9.17, 15) is 14.4 Å². The number of rotatable bonds is 8. The summed E-state index contributed by atoms with van der Waals surface area (Å²) in [4.78, 5) is 43.9. The van der Waals surface area contributed by atoms with Crippen molar-refractivity contribution in [3.05, 3.63) is 89.0 Å². The van der Waals surface area contributed by atoms with Gasteiger partial charge in [0.15, 0.2) is 0 Å². The Kier molecular flexibility index (Phi) is 10.2. The zero-order chi connectivity index (χ0) is 31.1. The summed E-state index contributed by atoms with van der Waals surface area (Å²) in [5, 5.41) is 6.24. The highest BCUT2D eigenvalue weighted by Gasteiger charge is 2.24. The second kappa shape index (κ2) is 14.4. The Morgan fingerprint density at radius 1 is 0.886 bits per heavy atom. The molecule has 1 aliphatic carbocycles. The summed E-state index contributed by atoms with van der Waals surface area (Å²) in [6.45, 7) is 4.51. The van der Waals surface area contributed by atoms with Gasteiger partial charge in [-0.1, -0.05) is 29.8 Å². The molecule has 0 bridgehead atoms. The average molecular weight is 598 g/mol. The summed E-state index contributed by atoms with van der Waals surface area (Å²) < 4.78 is 5.24. The zero-order valence-corrected chi connectivity index (χ0v) is 25.7. The molecule has 3 aromatic rings. The summed E-state index contributed by atoms with van der Waals surface area (Å²) >= 11 is 0. The lowest BCUT2D eigenvalue weighted by Gasteiger charge is -2.28. The van der Waals surface area contributed by atoms with Crippen molar-refractivity contribution in [3.8, 4) is 5.75 Å². The third kappa shape index (κ3) is 7.96. The molecular formula is C35H43N5O4. The smallest absolute Gasteiger partial charge is 0.253 e. The Morgan fingerprint density at radius 2 is 1.66 bits per heavy atom. The van der Waals surface area contributed by atoms with Crippen LogP contribution in [0.4, 0.5) is 11.4 Å². The Labute approximate surface area is 259 Å². The third-order valence-corrected chi connectivity index (χ3v) is 8.55. The van der Waals surface area contributed by atoms with Gasteiger partial charge in [0.2, 0.25) is 5.91 Å². The van der Waals surface area contributed by atoms with E-state index >= 15 is 0 Å². The van der Waals surface area contributed by atoms with E-state index in [2.05, 4.69) is 15.5 Å². The molecule has 9 heteroatoms. The van der Waals surface area contributed by atoms with Crippen molar-refractivity contribution in [3.63, 3.8) is 0 Å². The number of ether oxygens (including phenoxy) is 1. The number of carbonyl (C=O) groups excluding carboxylic acids is 3. The number of amides is 3. The van der Waals surface area contributed by atoms with E-state index in [4.69, 9.17) is 10.5 Å². The number of nitrogens with zero attached hydrogens (tertiary/aromatic N) is 2. The molecule has 1 heterocycles. The first-order chi connectivity index (χ1) is 21.3. The minimum Gasteiger partial charge on any atom is -0.497 e. The number of hydrogen-bond acceptors (Lipinski definition) is 6. The minimum atomic E-state index is -0.179. The van der Waals surface area contributed by atoms with Gasteiger partial charge in [-0.05, 0) is 87.1 Å². The van der Waals surface area contributed by atoms with Crippen LogP contribution in [-0.2, 0) is 11.2 Å². The van der Waals surface area contributed by atoms with E-state index in [1.165, 1.54) is 0 Å². The molecule has 0 spiro atoms. The van der Waals surface area contributed by atoms with Crippen molar-refractivity contribution in [2.45, 2.75) is 57.5 Å². The Bertz CT molecular complexity index is 1470. The Hall–Kier alpha value is -4.37. The summed E-state index contributed by atoms with van der Waals surface area (Å²) in [5.41, 5.74) is 10.6. The number of benzene rings is 3. The van der Waals surface area contributed by atoms with Crippen LogP contribution in [-0.4, -0.2) is 68.0 Å². The highest BCUT2D eigenvalue weighted by molar-refractivity contribution is 6.00. The fourth-order valence-corrected chi connectivity index (χ4v) is 6.03.